The maximum Gasteiger partial charge on any atom is 0.138 e. The number of nitrogens with one attached hydrogen (secondary N) is 1. The molecule has 0 aliphatic carbocycles. The number of hydrogen-bond acceptors (Lipinski definition) is 1. The molecular formula is C24H24N2. The summed E-state index contributed by atoms with van der Waals surface area (Å²) < 4.78 is 0. The van der Waals surface area contributed by atoms with Crippen LogP contribution in [0.15, 0.2) is 60.8 Å². The Bertz CT molecular complexity index is 1040. The van der Waals surface area contributed by atoms with Crippen LogP contribution < -0.4 is 0 Å². The minimum atomic E-state index is 0.975. The largest absolute Gasteiger partial charge is 0.339 e. The second kappa shape index (κ2) is 7.57. The molecule has 2 heteroatoms. The first-order valence-electron chi connectivity index (χ1n) is 9.47. The molecule has 2 nitrogen and oxygen atoms in total. The molecular weight excluding hydrogens is 316 g/mol. The third-order valence-corrected chi connectivity index (χ3v) is 4.87. The summed E-state index contributed by atoms with van der Waals surface area (Å²) >= 11 is 0. The molecule has 0 spiro atoms. The molecule has 0 saturated heterocycles. The van der Waals surface area contributed by atoms with Crippen molar-refractivity contribution in [1.29, 1.82) is 0 Å². The Balaban J connectivity index is 1.68. The Hall–Kier alpha value is -2.87. The number of hydrogen-bond donors (Lipinski definition) is 1. The lowest BCUT2D eigenvalue weighted by Gasteiger charge is -2.01. The lowest BCUT2D eigenvalue weighted by Crippen LogP contribution is -1.87. The molecule has 26 heavy (non-hydrogen) atoms. The number of nitrogens with zero attached hydrogens (tertiary/aromatic N) is 1. The number of rotatable bonds is 6. The maximum absolute atomic E-state index is 4.65. The topological polar surface area (TPSA) is 28.7 Å². The van der Waals surface area contributed by atoms with E-state index in [0.29, 0.717) is 0 Å². The molecule has 2 aromatic carbocycles. The molecule has 0 radical (unpaired) electrons. The third kappa shape index (κ3) is 3.55. The molecule has 0 amide bonds. The van der Waals surface area contributed by atoms with E-state index in [0.717, 1.165) is 17.6 Å². The van der Waals surface area contributed by atoms with Crippen molar-refractivity contribution in [3.63, 3.8) is 0 Å². The number of aryl methyl sites for hydroxylation is 1. The normalized spacial score (nSPS) is 11.7. The first-order chi connectivity index (χ1) is 12.8. The Morgan fingerprint density at radius 3 is 2.58 bits per heavy atom. The van der Waals surface area contributed by atoms with Gasteiger partial charge in [0, 0.05) is 22.5 Å². The first-order valence-corrected chi connectivity index (χ1v) is 9.47. The summed E-state index contributed by atoms with van der Waals surface area (Å²) in [5.74, 6) is 0. The van der Waals surface area contributed by atoms with Crippen LogP contribution in [0.3, 0.4) is 0 Å². The van der Waals surface area contributed by atoms with Crippen LogP contribution in [0.25, 0.3) is 34.1 Å². The average Bonchev–Trinajstić information content (AvgIpc) is 3.05. The standard InChI is InChI=1S/C24H24N2/c1-2-3-5-10-20-16-22-21-15-19(12-11-18-8-6-4-7-9-18)13-14-23(21)26-24(22)25-17-20/h4,6-9,11-17H,2-3,5,10H2,1H3,(H,25,26). The first kappa shape index (κ1) is 16.6. The number of fused-ring (bicyclic) bond motifs is 3. The molecule has 0 fully saturated rings. The van der Waals surface area contributed by atoms with Gasteiger partial charge in [-0.2, -0.15) is 0 Å². The molecule has 0 aliphatic rings. The molecule has 4 rings (SSSR count). The quantitative estimate of drug-likeness (QED) is 0.310. The monoisotopic (exact) mass is 340 g/mol. The Kier molecular flexibility index (Phi) is 4.83. The van der Waals surface area contributed by atoms with Crippen molar-refractivity contribution in [2.75, 3.05) is 0 Å². The van der Waals surface area contributed by atoms with Crippen LogP contribution in [0.5, 0.6) is 0 Å². The molecule has 0 aliphatic heterocycles. The van der Waals surface area contributed by atoms with Crippen LogP contribution in [0.1, 0.15) is 42.9 Å². The smallest absolute Gasteiger partial charge is 0.138 e. The maximum atomic E-state index is 4.65. The van der Waals surface area contributed by atoms with Crippen LogP contribution in [0, 0.1) is 0 Å². The van der Waals surface area contributed by atoms with Gasteiger partial charge < -0.3 is 4.98 Å². The molecule has 4 aromatic rings. The Labute approximate surface area is 154 Å². The molecule has 1 N–H and O–H groups in total. The second-order valence-electron chi connectivity index (χ2n) is 6.87. The van der Waals surface area contributed by atoms with Gasteiger partial charge in [-0.15, -0.1) is 0 Å². The van der Waals surface area contributed by atoms with Gasteiger partial charge in [-0.05, 0) is 47.7 Å². The summed E-state index contributed by atoms with van der Waals surface area (Å²) in [4.78, 5) is 8.09. The van der Waals surface area contributed by atoms with Gasteiger partial charge in [0.25, 0.3) is 0 Å². The summed E-state index contributed by atoms with van der Waals surface area (Å²) in [5.41, 5.74) is 5.88. The highest BCUT2D eigenvalue weighted by Crippen LogP contribution is 2.27. The van der Waals surface area contributed by atoms with Crippen molar-refractivity contribution in [2.45, 2.75) is 32.6 Å². The zero-order chi connectivity index (χ0) is 17.8. The fraction of sp³-hybridized carbons (Fsp3) is 0.208. The van der Waals surface area contributed by atoms with Gasteiger partial charge in [0.05, 0.1) is 0 Å². The van der Waals surface area contributed by atoms with Crippen molar-refractivity contribution in [3.8, 4) is 0 Å². The minimum absolute atomic E-state index is 0.975. The van der Waals surface area contributed by atoms with E-state index in [1.54, 1.807) is 0 Å². The predicted octanol–water partition coefficient (Wildman–Crippen LogP) is 6.62. The highest BCUT2D eigenvalue weighted by atomic mass is 14.8. The summed E-state index contributed by atoms with van der Waals surface area (Å²) in [6, 6.07) is 19.3. The lowest BCUT2D eigenvalue weighted by molar-refractivity contribution is 0.716. The molecule has 0 unspecified atom stereocenters. The number of aromatic amines is 1. The lowest BCUT2D eigenvalue weighted by atomic mass is 10.1. The molecule has 130 valence electrons. The minimum Gasteiger partial charge on any atom is -0.339 e. The van der Waals surface area contributed by atoms with Crippen molar-refractivity contribution in [1.82, 2.24) is 9.97 Å². The highest BCUT2D eigenvalue weighted by molar-refractivity contribution is 6.06. The molecule has 0 saturated carbocycles. The molecule has 0 atom stereocenters. The number of benzene rings is 2. The SMILES string of the molecule is CCCCCc1cnc2[nH]c3ccc(C=Cc4ccccc4)cc3c2c1. The van der Waals surface area contributed by atoms with Crippen molar-refractivity contribution in [3.05, 3.63) is 77.5 Å². The Morgan fingerprint density at radius 1 is 0.885 bits per heavy atom. The van der Waals surface area contributed by atoms with Crippen molar-refractivity contribution < 1.29 is 0 Å². The van der Waals surface area contributed by atoms with Crippen LogP contribution in [-0.2, 0) is 6.42 Å². The van der Waals surface area contributed by atoms with Gasteiger partial charge >= 0.3 is 0 Å². The zero-order valence-electron chi connectivity index (χ0n) is 15.2. The van der Waals surface area contributed by atoms with Gasteiger partial charge in [0.15, 0.2) is 0 Å². The summed E-state index contributed by atoms with van der Waals surface area (Å²) in [5, 5.41) is 2.48. The predicted molar refractivity (Wildman–Crippen MR) is 112 cm³/mol. The van der Waals surface area contributed by atoms with Gasteiger partial charge in [0.1, 0.15) is 5.65 Å². The van der Waals surface area contributed by atoms with Crippen molar-refractivity contribution >= 4 is 34.1 Å². The summed E-state index contributed by atoms with van der Waals surface area (Å²) in [6.45, 7) is 2.24. The van der Waals surface area contributed by atoms with Gasteiger partial charge in [0.2, 0.25) is 0 Å². The highest BCUT2D eigenvalue weighted by Gasteiger charge is 2.07. The van der Waals surface area contributed by atoms with E-state index in [1.807, 2.05) is 12.3 Å². The second-order valence-corrected chi connectivity index (χ2v) is 6.87. The van der Waals surface area contributed by atoms with Crippen LogP contribution in [0.2, 0.25) is 0 Å². The van der Waals surface area contributed by atoms with Crippen LogP contribution in [0.4, 0.5) is 0 Å². The van der Waals surface area contributed by atoms with Crippen LogP contribution in [-0.4, -0.2) is 9.97 Å². The number of pyridine rings is 1. The average molecular weight is 340 g/mol. The van der Waals surface area contributed by atoms with E-state index >= 15 is 0 Å². The van der Waals surface area contributed by atoms with Gasteiger partial charge in [-0.3, -0.25) is 0 Å². The summed E-state index contributed by atoms with van der Waals surface area (Å²) in [7, 11) is 0. The third-order valence-electron chi connectivity index (χ3n) is 4.87. The van der Waals surface area contributed by atoms with E-state index in [2.05, 4.69) is 77.6 Å². The van der Waals surface area contributed by atoms with Crippen LogP contribution >= 0.6 is 0 Å². The molecule has 0 bridgehead atoms. The Morgan fingerprint density at radius 2 is 1.73 bits per heavy atom. The fourth-order valence-electron chi connectivity index (χ4n) is 3.41. The number of unbranched alkanes of at least 4 members (excludes halogenated alkanes) is 2. The number of aromatic nitrogens is 2. The summed E-state index contributed by atoms with van der Waals surface area (Å²) in [6.07, 6.45) is 11.2. The van der Waals surface area contributed by atoms with Crippen molar-refractivity contribution in [2.24, 2.45) is 0 Å². The van der Waals surface area contributed by atoms with Gasteiger partial charge in [-0.1, -0.05) is 68.3 Å². The van der Waals surface area contributed by atoms with E-state index in [4.69, 9.17) is 0 Å². The van der Waals surface area contributed by atoms with E-state index in [1.165, 1.54) is 46.7 Å². The number of H-pyrrole nitrogens is 1. The molecule has 2 aromatic heterocycles. The molecule has 2 heterocycles. The van der Waals surface area contributed by atoms with Gasteiger partial charge in [-0.25, -0.2) is 4.98 Å². The zero-order valence-corrected chi connectivity index (χ0v) is 15.2. The fourth-order valence-corrected chi connectivity index (χ4v) is 3.41. The van der Waals surface area contributed by atoms with E-state index in [9.17, 15) is 0 Å². The van der Waals surface area contributed by atoms with E-state index < -0.39 is 0 Å². The van der Waals surface area contributed by atoms with E-state index in [-0.39, 0.29) is 0 Å².